The van der Waals surface area contributed by atoms with E-state index in [0.717, 1.165) is 27.9 Å². The van der Waals surface area contributed by atoms with Gasteiger partial charge in [0.25, 0.3) is 11.5 Å². The third kappa shape index (κ3) is 8.21. The first-order chi connectivity index (χ1) is 21.7. The molecule has 9 nitrogen and oxygen atoms in total. The van der Waals surface area contributed by atoms with E-state index in [-0.39, 0.29) is 17.0 Å². The molecule has 1 amide bonds. The molecule has 45 heavy (non-hydrogen) atoms. The number of carbonyl (C=O) groups is 1. The van der Waals surface area contributed by atoms with Crippen molar-refractivity contribution in [2.24, 2.45) is 0 Å². The molecular formula is C34H37ClFN7O2. The highest BCUT2D eigenvalue weighted by molar-refractivity contribution is 6.28. The molecule has 3 heterocycles. The molecule has 1 aliphatic heterocycles. The number of aromatic nitrogens is 4. The summed E-state index contributed by atoms with van der Waals surface area (Å²) in [6, 6.07) is 19.4. The molecule has 0 aliphatic carbocycles. The second kappa shape index (κ2) is 15.3. The number of halogens is 2. The number of aromatic amines is 1. The number of nitrogens with zero attached hydrogens (tertiary/aromatic N) is 5. The molecule has 0 radical (unpaired) electrons. The van der Waals surface area contributed by atoms with E-state index in [2.05, 4.69) is 25.1 Å². The number of hydrogen-bond acceptors (Lipinski definition) is 7. The molecule has 234 valence electrons. The third-order valence-electron chi connectivity index (χ3n) is 7.43. The second-order valence-electron chi connectivity index (χ2n) is 10.3. The SMILES string of the molecule is CC.Cc1cnc(Cl)nc1C.Nc1ccc(N2CCN(C(=O)c3cc(Cc4n[nH]c(=O)c5ccccc45)ccc3F)CC2)cc1. The lowest BCUT2D eigenvalue weighted by Crippen LogP contribution is -2.49. The summed E-state index contributed by atoms with van der Waals surface area (Å²) >= 11 is 5.49. The Hall–Kier alpha value is -4.83. The van der Waals surface area contributed by atoms with Gasteiger partial charge < -0.3 is 15.5 Å². The third-order valence-corrected chi connectivity index (χ3v) is 7.61. The van der Waals surface area contributed by atoms with Crippen LogP contribution in [0.15, 0.2) is 77.7 Å². The second-order valence-corrected chi connectivity index (χ2v) is 10.7. The van der Waals surface area contributed by atoms with Crippen LogP contribution in [-0.2, 0) is 6.42 Å². The van der Waals surface area contributed by atoms with E-state index in [0.29, 0.717) is 54.7 Å². The van der Waals surface area contributed by atoms with Crippen LogP contribution in [0.2, 0.25) is 5.28 Å². The average molecular weight is 630 g/mol. The van der Waals surface area contributed by atoms with Crippen molar-refractivity contribution in [1.29, 1.82) is 0 Å². The van der Waals surface area contributed by atoms with Gasteiger partial charge in [-0.2, -0.15) is 5.10 Å². The van der Waals surface area contributed by atoms with Gasteiger partial charge >= 0.3 is 0 Å². The standard InChI is InChI=1S/C26H24FN5O2.C6H7ClN2.C2H6/c27-23-10-5-17(16-24-20-3-1-2-4-21(20)25(33)30-29-24)15-22(23)26(34)32-13-11-31(12-14-32)19-8-6-18(28)7-9-19;1-4-3-8-6(7)9-5(4)2;1-2/h1-10,15H,11-14,16,28H2,(H,30,33);3H,1-2H3;1-2H3. The maximum Gasteiger partial charge on any atom is 0.272 e. The van der Waals surface area contributed by atoms with Crippen LogP contribution >= 0.6 is 11.6 Å². The summed E-state index contributed by atoms with van der Waals surface area (Å²) in [5, 5.41) is 8.31. The molecule has 6 rings (SSSR count). The number of aryl methyl sites for hydroxylation is 2. The van der Waals surface area contributed by atoms with E-state index in [9.17, 15) is 14.0 Å². The van der Waals surface area contributed by atoms with Crippen molar-refractivity contribution in [2.45, 2.75) is 34.1 Å². The largest absolute Gasteiger partial charge is 0.399 e. The van der Waals surface area contributed by atoms with Gasteiger partial charge in [-0.1, -0.05) is 38.1 Å². The van der Waals surface area contributed by atoms with Gasteiger partial charge in [-0.15, -0.1) is 0 Å². The molecule has 0 atom stereocenters. The minimum atomic E-state index is -0.547. The van der Waals surface area contributed by atoms with E-state index in [1.54, 1.807) is 35.4 Å². The normalized spacial score (nSPS) is 12.6. The van der Waals surface area contributed by atoms with Crippen LogP contribution in [0.1, 0.15) is 46.7 Å². The maximum absolute atomic E-state index is 14.7. The highest BCUT2D eigenvalue weighted by Gasteiger charge is 2.25. The van der Waals surface area contributed by atoms with Crippen LogP contribution in [0, 0.1) is 19.7 Å². The fraction of sp³-hybridized carbons (Fsp3) is 0.265. The van der Waals surface area contributed by atoms with Crippen LogP contribution in [0.3, 0.4) is 0 Å². The quantitative estimate of drug-likeness (QED) is 0.186. The van der Waals surface area contributed by atoms with Gasteiger partial charge in [0.15, 0.2) is 0 Å². The molecule has 2 aromatic heterocycles. The number of fused-ring (bicyclic) bond motifs is 1. The van der Waals surface area contributed by atoms with Crippen molar-refractivity contribution in [2.75, 3.05) is 36.8 Å². The van der Waals surface area contributed by atoms with Crippen molar-refractivity contribution < 1.29 is 9.18 Å². The van der Waals surface area contributed by atoms with E-state index in [1.807, 2.05) is 64.1 Å². The Morgan fingerprint density at radius 1 is 0.978 bits per heavy atom. The number of hydrogen-bond donors (Lipinski definition) is 2. The lowest BCUT2D eigenvalue weighted by atomic mass is 10.0. The van der Waals surface area contributed by atoms with E-state index < -0.39 is 5.82 Å². The Morgan fingerprint density at radius 2 is 1.64 bits per heavy atom. The number of anilines is 2. The van der Waals surface area contributed by atoms with Gasteiger partial charge in [0.2, 0.25) is 5.28 Å². The number of nitrogens with two attached hydrogens (primary N) is 1. The smallest absolute Gasteiger partial charge is 0.272 e. The first kappa shape index (κ1) is 33.1. The summed E-state index contributed by atoms with van der Waals surface area (Å²) in [5.41, 5.74) is 10.7. The lowest BCUT2D eigenvalue weighted by Gasteiger charge is -2.36. The van der Waals surface area contributed by atoms with Gasteiger partial charge in [0.05, 0.1) is 16.6 Å². The average Bonchev–Trinajstić information content (AvgIpc) is 3.06. The molecule has 1 saturated heterocycles. The predicted molar refractivity (Wildman–Crippen MR) is 178 cm³/mol. The molecule has 1 fully saturated rings. The number of H-pyrrole nitrogens is 1. The van der Waals surface area contributed by atoms with Crippen molar-refractivity contribution in [3.8, 4) is 0 Å². The Bertz CT molecular complexity index is 1820. The molecule has 0 spiro atoms. The van der Waals surface area contributed by atoms with Gasteiger partial charge in [-0.05, 0) is 79.0 Å². The molecule has 1 aliphatic rings. The van der Waals surface area contributed by atoms with Crippen LogP contribution in [0.25, 0.3) is 10.8 Å². The molecule has 3 N–H and O–H groups in total. The minimum Gasteiger partial charge on any atom is -0.399 e. The highest BCUT2D eigenvalue weighted by atomic mass is 35.5. The molecular weight excluding hydrogens is 593 g/mol. The Balaban J connectivity index is 0.000000358. The summed E-state index contributed by atoms with van der Waals surface area (Å²) in [6.45, 7) is 10.2. The summed E-state index contributed by atoms with van der Waals surface area (Å²) in [7, 11) is 0. The number of benzene rings is 3. The number of nitrogen functional groups attached to an aromatic ring is 1. The summed E-state index contributed by atoms with van der Waals surface area (Å²) in [4.78, 5) is 36.8. The molecule has 11 heteroatoms. The predicted octanol–water partition coefficient (Wildman–Crippen LogP) is 5.97. The zero-order valence-corrected chi connectivity index (χ0v) is 26.6. The number of piperazine rings is 1. The first-order valence-corrected chi connectivity index (χ1v) is 15.2. The van der Waals surface area contributed by atoms with Crippen LogP contribution < -0.4 is 16.2 Å². The van der Waals surface area contributed by atoms with Gasteiger partial charge in [0.1, 0.15) is 5.82 Å². The first-order valence-electron chi connectivity index (χ1n) is 14.8. The summed E-state index contributed by atoms with van der Waals surface area (Å²) in [6.07, 6.45) is 2.08. The van der Waals surface area contributed by atoms with Crippen molar-refractivity contribution >= 4 is 39.7 Å². The number of nitrogens with one attached hydrogen (secondary N) is 1. The lowest BCUT2D eigenvalue weighted by molar-refractivity contribution is 0.0742. The van der Waals surface area contributed by atoms with Crippen LogP contribution in [0.4, 0.5) is 15.8 Å². The summed E-state index contributed by atoms with van der Waals surface area (Å²) in [5.74, 6) is -0.871. The number of carbonyl (C=O) groups excluding carboxylic acids is 1. The zero-order valence-electron chi connectivity index (χ0n) is 25.8. The minimum absolute atomic E-state index is 0.0483. The molecule has 0 unspecified atom stereocenters. The molecule has 3 aromatic carbocycles. The van der Waals surface area contributed by atoms with Crippen LogP contribution in [0.5, 0.6) is 0 Å². The zero-order chi connectivity index (χ0) is 32.5. The van der Waals surface area contributed by atoms with E-state index in [4.69, 9.17) is 17.3 Å². The van der Waals surface area contributed by atoms with Gasteiger partial charge in [0, 0.05) is 61.3 Å². The number of rotatable bonds is 4. The monoisotopic (exact) mass is 629 g/mol. The molecule has 0 bridgehead atoms. The fourth-order valence-electron chi connectivity index (χ4n) is 4.87. The summed E-state index contributed by atoms with van der Waals surface area (Å²) < 4.78 is 14.7. The molecule has 0 saturated carbocycles. The number of amides is 1. The molecule has 5 aromatic rings. The van der Waals surface area contributed by atoms with E-state index >= 15 is 0 Å². The maximum atomic E-state index is 14.7. The van der Waals surface area contributed by atoms with E-state index in [1.165, 1.54) is 6.07 Å². The van der Waals surface area contributed by atoms with Crippen molar-refractivity contribution in [3.63, 3.8) is 0 Å². The van der Waals surface area contributed by atoms with Gasteiger partial charge in [-0.3, -0.25) is 9.59 Å². The van der Waals surface area contributed by atoms with Crippen molar-refractivity contribution in [3.05, 3.63) is 122 Å². The van der Waals surface area contributed by atoms with Crippen LogP contribution in [-0.4, -0.2) is 57.2 Å². The van der Waals surface area contributed by atoms with Crippen molar-refractivity contribution in [1.82, 2.24) is 25.1 Å². The Morgan fingerprint density at radius 3 is 2.29 bits per heavy atom. The Labute approximate surface area is 266 Å². The fourth-order valence-corrected chi connectivity index (χ4v) is 5.04. The highest BCUT2D eigenvalue weighted by Crippen LogP contribution is 2.22. The van der Waals surface area contributed by atoms with Gasteiger partial charge in [-0.25, -0.2) is 19.5 Å². The topological polar surface area (TPSA) is 121 Å². The Kier molecular flexibility index (Phi) is 11.2.